The van der Waals surface area contributed by atoms with Gasteiger partial charge in [-0.1, -0.05) is 38.1 Å². The van der Waals surface area contributed by atoms with Crippen LogP contribution in [-0.2, 0) is 0 Å². The molecule has 0 aliphatic heterocycles. The van der Waals surface area contributed by atoms with Gasteiger partial charge in [-0.3, -0.25) is 4.79 Å². The Morgan fingerprint density at radius 3 is 2.70 bits per heavy atom. The van der Waals surface area contributed by atoms with Crippen molar-refractivity contribution in [3.63, 3.8) is 0 Å². The summed E-state index contributed by atoms with van der Waals surface area (Å²) in [6.07, 6.45) is 1.74. The van der Waals surface area contributed by atoms with Crippen molar-refractivity contribution in [2.75, 3.05) is 0 Å². The first kappa shape index (κ1) is 12.5. The molecule has 0 fully saturated rings. The summed E-state index contributed by atoms with van der Waals surface area (Å²) in [5, 5.41) is 0.829. The molecular formula is C16H15N3O. The van der Waals surface area contributed by atoms with Crippen molar-refractivity contribution in [3.8, 4) is 11.4 Å². The highest BCUT2D eigenvalue weighted by Crippen LogP contribution is 2.26. The van der Waals surface area contributed by atoms with Crippen LogP contribution in [0.2, 0.25) is 0 Å². The summed E-state index contributed by atoms with van der Waals surface area (Å²) in [6, 6.07) is 11.3. The van der Waals surface area contributed by atoms with E-state index in [2.05, 4.69) is 34.9 Å². The summed E-state index contributed by atoms with van der Waals surface area (Å²) in [6.45, 7) is 4.28. The maximum atomic E-state index is 11.4. The fraction of sp³-hybridized carbons (Fsp3) is 0.188. The number of benzene rings is 1. The molecule has 0 bridgehead atoms. The largest absolute Gasteiger partial charge is 0.306 e. The van der Waals surface area contributed by atoms with E-state index in [9.17, 15) is 4.79 Å². The average molecular weight is 265 g/mol. The first-order chi connectivity index (χ1) is 9.65. The molecule has 0 spiro atoms. The molecule has 0 saturated carbocycles. The number of hydrogen-bond acceptors (Lipinski definition) is 3. The highest BCUT2D eigenvalue weighted by Gasteiger charge is 2.10. The predicted molar refractivity (Wildman–Crippen MR) is 79.7 cm³/mol. The van der Waals surface area contributed by atoms with Crippen molar-refractivity contribution in [1.82, 2.24) is 15.0 Å². The molecule has 2 heterocycles. The van der Waals surface area contributed by atoms with Gasteiger partial charge in [0, 0.05) is 23.2 Å². The summed E-state index contributed by atoms with van der Waals surface area (Å²) in [7, 11) is 0. The summed E-state index contributed by atoms with van der Waals surface area (Å²) in [5.74, 6) is 1.03. The molecule has 0 amide bonds. The minimum Gasteiger partial charge on any atom is -0.306 e. The van der Waals surface area contributed by atoms with Crippen LogP contribution in [0.15, 0.2) is 47.4 Å². The van der Waals surface area contributed by atoms with E-state index in [0.717, 1.165) is 10.9 Å². The van der Waals surface area contributed by atoms with Crippen LogP contribution in [0.3, 0.4) is 0 Å². The zero-order chi connectivity index (χ0) is 14.1. The van der Waals surface area contributed by atoms with E-state index >= 15 is 0 Å². The molecule has 4 nitrogen and oxygen atoms in total. The number of rotatable bonds is 2. The number of nitrogens with one attached hydrogen (secondary N) is 1. The summed E-state index contributed by atoms with van der Waals surface area (Å²) >= 11 is 0. The third-order valence-electron chi connectivity index (χ3n) is 3.30. The number of H-pyrrole nitrogens is 1. The second kappa shape index (κ2) is 4.89. The molecule has 3 rings (SSSR count). The lowest BCUT2D eigenvalue weighted by atomic mass is 9.97. The van der Waals surface area contributed by atoms with Gasteiger partial charge < -0.3 is 4.98 Å². The molecular weight excluding hydrogens is 250 g/mol. The van der Waals surface area contributed by atoms with E-state index in [4.69, 9.17) is 0 Å². The van der Waals surface area contributed by atoms with Gasteiger partial charge in [0.15, 0.2) is 5.82 Å². The summed E-state index contributed by atoms with van der Waals surface area (Å²) in [4.78, 5) is 23.0. The molecule has 0 atom stereocenters. The molecule has 4 heteroatoms. The SMILES string of the molecule is CC(C)c1ccccc1-c1ncc2ccc(=O)[nH]c2n1. The lowest BCUT2D eigenvalue weighted by Gasteiger charge is -2.11. The van der Waals surface area contributed by atoms with Crippen LogP contribution in [0.25, 0.3) is 22.4 Å². The quantitative estimate of drug-likeness (QED) is 0.774. The highest BCUT2D eigenvalue weighted by atomic mass is 16.1. The van der Waals surface area contributed by atoms with Gasteiger partial charge in [-0.05, 0) is 17.5 Å². The van der Waals surface area contributed by atoms with Gasteiger partial charge in [0.25, 0.3) is 0 Å². The van der Waals surface area contributed by atoms with Crippen molar-refractivity contribution >= 4 is 11.0 Å². The second-order valence-corrected chi connectivity index (χ2v) is 5.06. The van der Waals surface area contributed by atoms with Crippen LogP contribution in [-0.4, -0.2) is 15.0 Å². The molecule has 20 heavy (non-hydrogen) atoms. The number of aromatic nitrogens is 3. The van der Waals surface area contributed by atoms with Crippen LogP contribution >= 0.6 is 0 Å². The molecule has 2 aromatic heterocycles. The minimum atomic E-state index is -0.153. The van der Waals surface area contributed by atoms with Gasteiger partial charge in [-0.15, -0.1) is 0 Å². The van der Waals surface area contributed by atoms with Crippen molar-refractivity contribution in [1.29, 1.82) is 0 Å². The standard InChI is InChI=1S/C16H15N3O/c1-10(2)12-5-3-4-6-13(12)16-17-9-11-7-8-14(20)18-15(11)19-16/h3-10H,1-2H3,(H,17,18,19,20). The second-order valence-electron chi connectivity index (χ2n) is 5.06. The highest BCUT2D eigenvalue weighted by molar-refractivity contribution is 5.76. The fourth-order valence-electron chi connectivity index (χ4n) is 2.27. The maximum absolute atomic E-state index is 11.4. The topological polar surface area (TPSA) is 58.6 Å². The van der Waals surface area contributed by atoms with Crippen molar-refractivity contribution < 1.29 is 0 Å². The number of pyridine rings is 1. The first-order valence-electron chi connectivity index (χ1n) is 6.60. The Bertz CT molecular complexity index is 821. The lowest BCUT2D eigenvalue weighted by Crippen LogP contribution is -2.05. The van der Waals surface area contributed by atoms with Gasteiger partial charge in [0.2, 0.25) is 5.56 Å². The predicted octanol–water partition coefficient (Wildman–Crippen LogP) is 3.11. The van der Waals surface area contributed by atoms with Crippen molar-refractivity contribution in [3.05, 3.63) is 58.5 Å². The third kappa shape index (κ3) is 2.20. The van der Waals surface area contributed by atoms with Crippen LogP contribution in [0.4, 0.5) is 0 Å². The lowest BCUT2D eigenvalue weighted by molar-refractivity contribution is 0.866. The van der Waals surface area contributed by atoms with Crippen LogP contribution in [0.1, 0.15) is 25.3 Å². The molecule has 0 saturated heterocycles. The fourth-order valence-corrected chi connectivity index (χ4v) is 2.27. The van der Waals surface area contributed by atoms with E-state index in [1.54, 1.807) is 12.3 Å². The summed E-state index contributed by atoms with van der Waals surface area (Å²) < 4.78 is 0. The van der Waals surface area contributed by atoms with Gasteiger partial charge in [-0.25, -0.2) is 9.97 Å². The Labute approximate surface area is 116 Å². The Hall–Kier alpha value is -2.49. The maximum Gasteiger partial charge on any atom is 0.249 e. The van der Waals surface area contributed by atoms with Crippen molar-refractivity contribution in [2.45, 2.75) is 19.8 Å². The minimum absolute atomic E-state index is 0.153. The first-order valence-corrected chi connectivity index (χ1v) is 6.60. The van der Waals surface area contributed by atoms with Crippen LogP contribution < -0.4 is 5.56 Å². The van der Waals surface area contributed by atoms with Crippen molar-refractivity contribution in [2.24, 2.45) is 0 Å². The van der Waals surface area contributed by atoms with Crippen LogP contribution in [0, 0.1) is 0 Å². The van der Waals surface area contributed by atoms with Crippen LogP contribution in [0.5, 0.6) is 0 Å². The van der Waals surface area contributed by atoms with Gasteiger partial charge in [-0.2, -0.15) is 0 Å². The van der Waals surface area contributed by atoms with Gasteiger partial charge >= 0.3 is 0 Å². The molecule has 1 aromatic carbocycles. The van der Waals surface area contributed by atoms with Gasteiger partial charge in [0.1, 0.15) is 5.65 Å². The Balaban J connectivity index is 2.22. The summed E-state index contributed by atoms with van der Waals surface area (Å²) in [5.41, 5.74) is 2.62. The molecule has 1 N–H and O–H groups in total. The molecule has 3 aromatic rings. The molecule has 100 valence electrons. The smallest absolute Gasteiger partial charge is 0.249 e. The van der Waals surface area contributed by atoms with Gasteiger partial charge in [0.05, 0.1) is 0 Å². The Morgan fingerprint density at radius 1 is 1.10 bits per heavy atom. The zero-order valence-corrected chi connectivity index (χ0v) is 11.4. The molecule has 0 unspecified atom stereocenters. The number of aromatic amines is 1. The Kier molecular flexibility index (Phi) is 3.06. The zero-order valence-electron chi connectivity index (χ0n) is 11.4. The molecule has 0 aliphatic rings. The third-order valence-corrected chi connectivity index (χ3v) is 3.30. The molecule has 0 radical (unpaired) electrons. The van der Waals surface area contributed by atoms with E-state index in [1.807, 2.05) is 18.2 Å². The van der Waals surface area contributed by atoms with E-state index < -0.39 is 0 Å². The average Bonchev–Trinajstić information content (AvgIpc) is 2.46. The van der Waals surface area contributed by atoms with E-state index in [0.29, 0.717) is 17.4 Å². The number of nitrogens with zero attached hydrogens (tertiary/aromatic N) is 2. The number of hydrogen-bond donors (Lipinski definition) is 1. The normalized spacial score (nSPS) is 11.2. The Morgan fingerprint density at radius 2 is 1.90 bits per heavy atom. The molecule has 0 aliphatic carbocycles. The number of fused-ring (bicyclic) bond motifs is 1. The van der Waals surface area contributed by atoms with E-state index in [-0.39, 0.29) is 5.56 Å². The van der Waals surface area contributed by atoms with E-state index in [1.165, 1.54) is 11.6 Å². The monoisotopic (exact) mass is 265 g/mol.